The van der Waals surface area contributed by atoms with Crippen molar-refractivity contribution in [1.82, 2.24) is 10.3 Å². The highest BCUT2D eigenvalue weighted by molar-refractivity contribution is 5.95. The molecule has 2 N–H and O–H groups in total. The molecule has 1 aliphatic heterocycles. The van der Waals surface area contributed by atoms with E-state index in [1.165, 1.54) is 10.8 Å². The molecule has 30 heavy (non-hydrogen) atoms. The van der Waals surface area contributed by atoms with Crippen molar-refractivity contribution >= 4 is 47.3 Å². The lowest BCUT2D eigenvalue weighted by molar-refractivity contribution is -0.130. The number of ether oxygens (including phenoxy) is 1. The first-order valence-corrected chi connectivity index (χ1v) is 9.68. The van der Waals surface area contributed by atoms with Gasteiger partial charge in [0.15, 0.2) is 0 Å². The fourth-order valence-electron chi connectivity index (χ4n) is 3.88. The average Bonchev–Trinajstić information content (AvgIpc) is 2.74. The molecule has 1 fully saturated rings. The number of benzene rings is 2. The SMILES string of the molecule is COCC1(C(=O)Nc2cccc(-c3ccc4ccccc4c3)n2)CCNCC1.Cl.Cl. The van der Waals surface area contributed by atoms with Gasteiger partial charge in [-0.2, -0.15) is 0 Å². The van der Waals surface area contributed by atoms with E-state index in [0.717, 1.165) is 37.2 Å². The molecule has 1 amide bonds. The van der Waals surface area contributed by atoms with Crippen molar-refractivity contribution in [2.45, 2.75) is 12.8 Å². The van der Waals surface area contributed by atoms with Crippen LogP contribution in [0.4, 0.5) is 5.82 Å². The zero-order valence-corrected chi connectivity index (χ0v) is 18.5. The quantitative estimate of drug-likeness (QED) is 0.594. The normalized spacial score (nSPS) is 15.0. The van der Waals surface area contributed by atoms with Crippen molar-refractivity contribution in [3.8, 4) is 11.3 Å². The maximum Gasteiger partial charge on any atom is 0.234 e. The van der Waals surface area contributed by atoms with Crippen LogP contribution >= 0.6 is 24.8 Å². The van der Waals surface area contributed by atoms with Crippen LogP contribution in [0.25, 0.3) is 22.0 Å². The molecule has 160 valence electrons. The fraction of sp³-hybridized carbons (Fsp3) is 0.304. The molecule has 0 atom stereocenters. The molecule has 2 aromatic carbocycles. The van der Waals surface area contributed by atoms with E-state index in [2.05, 4.69) is 45.9 Å². The lowest BCUT2D eigenvalue weighted by atomic mass is 9.78. The predicted octanol–water partition coefficient (Wildman–Crippen LogP) is 4.70. The number of halogens is 2. The molecular formula is C23H27Cl2N3O2. The van der Waals surface area contributed by atoms with Crippen LogP contribution < -0.4 is 10.6 Å². The van der Waals surface area contributed by atoms with Gasteiger partial charge in [-0.25, -0.2) is 4.98 Å². The van der Waals surface area contributed by atoms with Crippen LogP contribution in [0, 0.1) is 5.41 Å². The summed E-state index contributed by atoms with van der Waals surface area (Å²) in [6, 6.07) is 20.3. The van der Waals surface area contributed by atoms with Gasteiger partial charge in [-0.05, 0) is 54.9 Å². The lowest BCUT2D eigenvalue weighted by Crippen LogP contribution is -2.47. The van der Waals surface area contributed by atoms with Crippen molar-refractivity contribution < 1.29 is 9.53 Å². The van der Waals surface area contributed by atoms with Crippen molar-refractivity contribution in [2.24, 2.45) is 5.41 Å². The lowest BCUT2D eigenvalue weighted by Gasteiger charge is -2.35. The standard InChI is InChI=1S/C23H25N3O2.2ClH/c1-28-16-23(11-13-24-14-12-23)22(27)26-21-8-4-7-20(25-21)19-10-9-17-5-2-3-6-18(17)15-19;;/h2-10,15,24H,11-14,16H2,1H3,(H,25,26,27);2*1H. The highest BCUT2D eigenvalue weighted by Crippen LogP contribution is 2.31. The molecule has 2 heterocycles. The topological polar surface area (TPSA) is 63.2 Å². The zero-order chi connectivity index (χ0) is 19.4. The maximum atomic E-state index is 13.0. The van der Waals surface area contributed by atoms with Gasteiger partial charge in [0, 0.05) is 12.7 Å². The van der Waals surface area contributed by atoms with E-state index in [4.69, 9.17) is 4.74 Å². The number of fused-ring (bicyclic) bond motifs is 1. The van der Waals surface area contributed by atoms with E-state index in [9.17, 15) is 4.79 Å². The minimum atomic E-state index is -0.499. The molecule has 1 saturated heterocycles. The average molecular weight is 448 g/mol. The second kappa shape index (κ2) is 10.7. The van der Waals surface area contributed by atoms with Crippen molar-refractivity contribution in [3.05, 3.63) is 60.7 Å². The summed E-state index contributed by atoms with van der Waals surface area (Å²) in [4.78, 5) is 17.7. The first kappa shape index (κ1) is 24.1. The van der Waals surface area contributed by atoms with Gasteiger partial charge in [0.25, 0.3) is 0 Å². The monoisotopic (exact) mass is 447 g/mol. The molecule has 0 saturated carbocycles. The Hall–Kier alpha value is -2.18. The summed E-state index contributed by atoms with van der Waals surface area (Å²) in [6.07, 6.45) is 1.52. The molecule has 5 nitrogen and oxygen atoms in total. The van der Waals surface area contributed by atoms with E-state index in [-0.39, 0.29) is 30.7 Å². The van der Waals surface area contributed by atoms with Crippen LogP contribution in [0.15, 0.2) is 60.7 Å². The van der Waals surface area contributed by atoms with Gasteiger partial charge in [0.05, 0.1) is 17.7 Å². The molecule has 1 aliphatic rings. The fourth-order valence-corrected chi connectivity index (χ4v) is 3.88. The van der Waals surface area contributed by atoms with Gasteiger partial charge < -0.3 is 15.4 Å². The number of carbonyl (C=O) groups is 1. The minimum absolute atomic E-state index is 0. The molecule has 0 bridgehead atoms. The number of aromatic nitrogens is 1. The first-order valence-electron chi connectivity index (χ1n) is 9.68. The Morgan fingerprint density at radius 3 is 2.50 bits per heavy atom. The van der Waals surface area contributed by atoms with E-state index >= 15 is 0 Å². The molecule has 3 aromatic rings. The summed E-state index contributed by atoms with van der Waals surface area (Å²) in [5.74, 6) is 0.559. The second-order valence-corrected chi connectivity index (χ2v) is 7.39. The number of rotatable bonds is 5. The summed E-state index contributed by atoms with van der Waals surface area (Å²) in [7, 11) is 1.65. The van der Waals surface area contributed by atoms with Gasteiger partial charge in [-0.3, -0.25) is 4.79 Å². The smallest absolute Gasteiger partial charge is 0.234 e. The molecule has 0 radical (unpaired) electrons. The van der Waals surface area contributed by atoms with E-state index in [0.29, 0.717) is 12.4 Å². The zero-order valence-electron chi connectivity index (χ0n) is 16.9. The van der Waals surface area contributed by atoms with Crippen LogP contribution in [0.1, 0.15) is 12.8 Å². The Balaban J connectivity index is 0.00000160. The molecule has 4 rings (SSSR count). The molecular weight excluding hydrogens is 421 g/mol. The number of methoxy groups -OCH3 is 1. The third-order valence-corrected chi connectivity index (χ3v) is 5.50. The summed E-state index contributed by atoms with van der Waals surface area (Å²) in [5, 5.41) is 8.71. The summed E-state index contributed by atoms with van der Waals surface area (Å²) < 4.78 is 5.37. The molecule has 0 aliphatic carbocycles. The Morgan fingerprint density at radius 1 is 1.03 bits per heavy atom. The van der Waals surface area contributed by atoms with Gasteiger partial charge >= 0.3 is 0 Å². The number of nitrogens with zero attached hydrogens (tertiary/aromatic N) is 1. The van der Waals surface area contributed by atoms with Crippen LogP contribution in [0.5, 0.6) is 0 Å². The third-order valence-electron chi connectivity index (χ3n) is 5.50. The molecule has 1 aromatic heterocycles. The van der Waals surface area contributed by atoms with Crippen LogP contribution in [-0.2, 0) is 9.53 Å². The van der Waals surface area contributed by atoms with Crippen molar-refractivity contribution in [3.63, 3.8) is 0 Å². The minimum Gasteiger partial charge on any atom is -0.384 e. The molecule has 7 heteroatoms. The van der Waals surface area contributed by atoms with Crippen molar-refractivity contribution in [2.75, 3.05) is 32.1 Å². The van der Waals surface area contributed by atoms with Crippen LogP contribution in [0.2, 0.25) is 0 Å². The van der Waals surface area contributed by atoms with Crippen LogP contribution in [0.3, 0.4) is 0 Å². The van der Waals surface area contributed by atoms with Gasteiger partial charge in [-0.15, -0.1) is 24.8 Å². The summed E-state index contributed by atoms with van der Waals surface area (Å²) in [6.45, 7) is 2.06. The predicted molar refractivity (Wildman–Crippen MR) is 127 cm³/mol. The Kier molecular flexibility index (Phi) is 8.62. The largest absolute Gasteiger partial charge is 0.384 e. The number of amides is 1. The second-order valence-electron chi connectivity index (χ2n) is 7.39. The number of nitrogens with one attached hydrogen (secondary N) is 2. The Morgan fingerprint density at radius 2 is 1.77 bits per heavy atom. The summed E-state index contributed by atoms with van der Waals surface area (Å²) in [5.41, 5.74) is 1.37. The Labute approximate surface area is 189 Å². The van der Waals surface area contributed by atoms with Gasteiger partial charge in [0.1, 0.15) is 5.82 Å². The van der Waals surface area contributed by atoms with Crippen molar-refractivity contribution in [1.29, 1.82) is 0 Å². The van der Waals surface area contributed by atoms with E-state index in [1.807, 2.05) is 30.3 Å². The van der Waals surface area contributed by atoms with E-state index in [1.54, 1.807) is 7.11 Å². The molecule has 0 unspecified atom stereocenters. The Bertz CT molecular complexity index is 985. The number of hydrogen-bond acceptors (Lipinski definition) is 4. The highest BCUT2D eigenvalue weighted by Gasteiger charge is 2.39. The number of pyridine rings is 1. The number of anilines is 1. The third kappa shape index (κ3) is 5.10. The highest BCUT2D eigenvalue weighted by atomic mass is 35.5. The number of piperidine rings is 1. The first-order chi connectivity index (χ1) is 13.7. The maximum absolute atomic E-state index is 13.0. The van der Waals surface area contributed by atoms with Crippen LogP contribution in [-0.4, -0.2) is 37.7 Å². The van der Waals surface area contributed by atoms with Gasteiger partial charge in [-0.1, -0.05) is 42.5 Å². The number of carbonyl (C=O) groups excluding carboxylic acids is 1. The molecule has 0 spiro atoms. The number of hydrogen-bond donors (Lipinski definition) is 2. The van der Waals surface area contributed by atoms with Gasteiger partial charge in [0.2, 0.25) is 5.91 Å². The summed E-state index contributed by atoms with van der Waals surface area (Å²) >= 11 is 0. The van der Waals surface area contributed by atoms with E-state index < -0.39 is 5.41 Å².